The Balaban J connectivity index is 2.02. The van der Waals surface area contributed by atoms with Gasteiger partial charge >= 0.3 is 0 Å². The molecule has 1 aliphatic heterocycles. The highest BCUT2D eigenvalue weighted by atomic mass is 16.7. The van der Waals surface area contributed by atoms with Gasteiger partial charge in [0.15, 0.2) is 0 Å². The molecule has 0 radical (unpaired) electrons. The van der Waals surface area contributed by atoms with E-state index >= 15 is 0 Å². The Morgan fingerprint density at radius 1 is 1.12 bits per heavy atom. The second-order valence-corrected chi connectivity index (χ2v) is 9.59. The van der Waals surface area contributed by atoms with Gasteiger partial charge in [-0.15, -0.1) is 6.58 Å². The van der Waals surface area contributed by atoms with Gasteiger partial charge in [0.2, 0.25) is 5.79 Å². The Kier molecular flexibility index (Phi) is 3.23. The van der Waals surface area contributed by atoms with Crippen molar-refractivity contribution in [3.63, 3.8) is 0 Å². The average Bonchev–Trinajstić information content (AvgIpc) is 2.78. The topological polar surface area (TPSA) is 90.2 Å². The smallest absolute Gasteiger partial charge is 0.227 e. The van der Waals surface area contributed by atoms with Crippen molar-refractivity contribution in [2.24, 2.45) is 16.2 Å². The van der Waals surface area contributed by atoms with Crippen LogP contribution in [0.5, 0.6) is 0 Å². The lowest BCUT2D eigenvalue weighted by atomic mass is 9.40. The van der Waals surface area contributed by atoms with E-state index in [2.05, 4.69) is 6.58 Å². The number of allylic oxidation sites excluding steroid dienone is 2. The summed E-state index contributed by atoms with van der Waals surface area (Å²) in [6, 6.07) is 0. The lowest BCUT2D eigenvalue weighted by Crippen LogP contribution is -2.81. The minimum atomic E-state index is -2.12. The normalized spacial score (nSPS) is 56.6. The fourth-order valence-electron chi connectivity index (χ4n) is 6.42. The van der Waals surface area contributed by atoms with Gasteiger partial charge in [-0.25, -0.2) is 0 Å². The number of aliphatic hydroxyl groups excluding tert-OH is 1. The molecule has 1 heterocycles. The van der Waals surface area contributed by atoms with Gasteiger partial charge in [-0.1, -0.05) is 39.3 Å². The van der Waals surface area contributed by atoms with Gasteiger partial charge in [-0.2, -0.15) is 0 Å². The predicted molar refractivity (Wildman–Crippen MR) is 92.5 cm³/mol. The SMILES string of the molecule is C=C[C@]1(C)C=C2[C@@H](O)[C@@]3(O)OC[C@@]4(CCCC(C)(C)[C@@]43O)[C@@]2(O)CC1. The van der Waals surface area contributed by atoms with Crippen LogP contribution in [0.25, 0.3) is 0 Å². The van der Waals surface area contributed by atoms with Crippen LogP contribution < -0.4 is 0 Å². The summed E-state index contributed by atoms with van der Waals surface area (Å²) in [5.74, 6) is -2.12. The van der Waals surface area contributed by atoms with Crippen LogP contribution in [0.4, 0.5) is 0 Å². The van der Waals surface area contributed by atoms with Crippen molar-refractivity contribution in [3.05, 3.63) is 24.3 Å². The molecule has 2 bridgehead atoms. The molecule has 6 atom stereocenters. The molecule has 4 aliphatic rings. The van der Waals surface area contributed by atoms with Crippen molar-refractivity contribution in [2.75, 3.05) is 6.61 Å². The Labute approximate surface area is 149 Å². The third-order valence-electron chi connectivity index (χ3n) is 8.05. The van der Waals surface area contributed by atoms with Gasteiger partial charge < -0.3 is 25.2 Å². The van der Waals surface area contributed by atoms with E-state index in [1.165, 1.54) is 0 Å². The van der Waals surface area contributed by atoms with Crippen LogP contribution in [0.2, 0.25) is 0 Å². The van der Waals surface area contributed by atoms with Crippen molar-refractivity contribution in [2.45, 2.75) is 76.0 Å². The maximum absolute atomic E-state index is 11.9. The summed E-state index contributed by atoms with van der Waals surface area (Å²) in [6.07, 6.45) is 5.31. The summed E-state index contributed by atoms with van der Waals surface area (Å²) in [6.45, 7) is 9.70. The lowest BCUT2D eigenvalue weighted by molar-refractivity contribution is -0.366. The van der Waals surface area contributed by atoms with Gasteiger partial charge in [0.1, 0.15) is 11.7 Å². The molecular formula is C20H30O5. The zero-order chi connectivity index (χ0) is 18.5. The molecule has 25 heavy (non-hydrogen) atoms. The second kappa shape index (κ2) is 4.57. The maximum Gasteiger partial charge on any atom is 0.227 e. The first-order valence-corrected chi connectivity index (χ1v) is 9.29. The molecule has 3 aliphatic carbocycles. The zero-order valence-corrected chi connectivity index (χ0v) is 15.4. The summed E-state index contributed by atoms with van der Waals surface area (Å²) in [7, 11) is 0. The van der Waals surface area contributed by atoms with E-state index < -0.39 is 33.9 Å². The summed E-state index contributed by atoms with van der Waals surface area (Å²) >= 11 is 0. The van der Waals surface area contributed by atoms with Gasteiger partial charge in [0, 0.05) is 5.41 Å². The first kappa shape index (κ1) is 17.7. The first-order valence-electron chi connectivity index (χ1n) is 9.29. The van der Waals surface area contributed by atoms with Crippen LogP contribution in [0.15, 0.2) is 24.3 Å². The molecule has 3 fully saturated rings. The summed E-state index contributed by atoms with van der Waals surface area (Å²) in [5.41, 5.74) is -4.83. The first-order chi connectivity index (χ1) is 11.4. The largest absolute Gasteiger partial charge is 0.385 e. The quantitative estimate of drug-likeness (QED) is 0.540. The molecule has 1 saturated heterocycles. The molecule has 4 rings (SSSR count). The lowest BCUT2D eigenvalue weighted by Gasteiger charge is -2.68. The van der Waals surface area contributed by atoms with Crippen molar-refractivity contribution in [1.82, 2.24) is 0 Å². The highest BCUT2D eigenvalue weighted by Crippen LogP contribution is 2.73. The van der Waals surface area contributed by atoms with Crippen LogP contribution in [-0.2, 0) is 4.74 Å². The molecule has 0 aromatic rings. The number of aliphatic hydroxyl groups is 4. The maximum atomic E-state index is 11.9. The van der Waals surface area contributed by atoms with E-state index in [4.69, 9.17) is 4.74 Å². The Bertz CT molecular complexity index is 671. The van der Waals surface area contributed by atoms with Gasteiger partial charge in [0.05, 0.1) is 17.6 Å². The monoisotopic (exact) mass is 350 g/mol. The molecule has 5 heteroatoms. The number of rotatable bonds is 1. The molecule has 4 N–H and O–H groups in total. The fourth-order valence-corrected chi connectivity index (χ4v) is 6.42. The van der Waals surface area contributed by atoms with Crippen molar-refractivity contribution in [3.8, 4) is 0 Å². The van der Waals surface area contributed by atoms with E-state index in [0.717, 1.165) is 6.42 Å². The third kappa shape index (κ3) is 1.60. The van der Waals surface area contributed by atoms with Crippen LogP contribution in [0, 0.1) is 16.2 Å². The van der Waals surface area contributed by atoms with Crippen LogP contribution >= 0.6 is 0 Å². The Hall–Kier alpha value is -0.720. The molecule has 0 unspecified atom stereocenters. The van der Waals surface area contributed by atoms with Crippen LogP contribution in [0.1, 0.15) is 52.9 Å². The zero-order valence-electron chi connectivity index (χ0n) is 15.4. The predicted octanol–water partition coefficient (Wildman–Crippen LogP) is 1.65. The van der Waals surface area contributed by atoms with Gasteiger partial charge in [-0.3, -0.25) is 0 Å². The standard InChI is InChI=1S/C20H30O5/c1-5-16(4)9-10-18(22)13(11-16)14(21)19(23)20(24)15(2,3)7-6-8-17(18,20)12-25-19/h5,11,14,21-24H,1,6-10,12H2,2-4H3/t14-,16+,17+,18-,19-,20-/m1/s1. The number of hydrogen-bond acceptors (Lipinski definition) is 5. The minimum Gasteiger partial charge on any atom is -0.385 e. The van der Waals surface area contributed by atoms with Gasteiger partial charge in [-0.05, 0) is 36.7 Å². The number of ether oxygens (including phenoxy) is 1. The van der Waals surface area contributed by atoms with E-state index in [-0.39, 0.29) is 12.0 Å². The third-order valence-corrected chi connectivity index (χ3v) is 8.05. The molecular weight excluding hydrogens is 320 g/mol. The highest BCUT2D eigenvalue weighted by molar-refractivity contribution is 5.45. The van der Waals surface area contributed by atoms with E-state index in [9.17, 15) is 20.4 Å². The summed E-state index contributed by atoms with van der Waals surface area (Å²) < 4.78 is 5.74. The van der Waals surface area contributed by atoms with E-state index in [1.54, 1.807) is 0 Å². The molecule has 0 aromatic heterocycles. The molecule has 0 aromatic carbocycles. The highest BCUT2D eigenvalue weighted by Gasteiger charge is 2.86. The van der Waals surface area contributed by atoms with Gasteiger partial charge in [0.25, 0.3) is 0 Å². The fraction of sp³-hybridized carbons (Fsp3) is 0.800. The van der Waals surface area contributed by atoms with Crippen LogP contribution in [-0.4, -0.2) is 50.1 Å². The summed E-state index contributed by atoms with van der Waals surface area (Å²) in [5, 5.41) is 46.2. The van der Waals surface area contributed by atoms with Crippen LogP contribution in [0.3, 0.4) is 0 Å². The van der Waals surface area contributed by atoms with E-state index in [0.29, 0.717) is 31.3 Å². The van der Waals surface area contributed by atoms with Crippen molar-refractivity contribution in [1.29, 1.82) is 0 Å². The van der Waals surface area contributed by atoms with Crippen molar-refractivity contribution < 1.29 is 25.2 Å². The van der Waals surface area contributed by atoms with Crippen molar-refractivity contribution >= 4 is 0 Å². The summed E-state index contributed by atoms with van der Waals surface area (Å²) in [4.78, 5) is 0. The van der Waals surface area contributed by atoms with E-state index in [1.807, 2.05) is 32.9 Å². The molecule has 5 nitrogen and oxygen atoms in total. The second-order valence-electron chi connectivity index (χ2n) is 9.59. The Morgan fingerprint density at radius 2 is 1.80 bits per heavy atom. The molecule has 2 saturated carbocycles. The Morgan fingerprint density at radius 3 is 2.44 bits per heavy atom. The minimum absolute atomic E-state index is 0.0408. The average molecular weight is 350 g/mol. The number of fused-ring (bicyclic) bond motifs is 1. The molecule has 0 spiro atoms. The number of hydrogen-bond donors (Lipinski definition) is 4. The molecule has 0 amide bonds. The molecule has 140 valence electrons.